The molecular formula is C14H19NO2S. The van der Waals surface area contributed by atoms with E-state index in [2.05, 4.69) is 0 Å². The van der Waals surface area contributed by atoms with Gasteiger partial charge in [-0.25, -0.2) is 0 Å². The molecule has 4 heteroatoms. The highest BCUT2D eigenvalue weighted by atomic mass is 32.1. The van der Waals surface area contributed by atoms with E-state index in [0.29, 0.717) is 11.6 Å². The first-order valence-electron chi connectivity index (χ1n) is 6.31. The number of thiocarbonyl (C=S) groups is 1. The van der Waals surface area contributed by atoms with Gasteiger partial charge >= 0.3 is 0 Å². The summed E-state index contributed by atoms with van der Waals surface area (Å²) in [5, 5.41) is 0. The summed E-state index contributed by atoms with van der Waals surface area (Å²) in [5.41, 5.74) is 6.46. The Morgan fingerprint density at radius 2 is 2.22 bits per heavy atom. The second-order valence-corrected chi connectivity index (χ2v) is 5.10. The van der Waals surface area contributed by atoms with Crippen LogP contribution in [0.2, 0.25) is 0 Å². The van der Waals surface area contributed by atoms with Gasteiger partial charge in [0.2, 0.25) is 0 Å². The Balaban J connectivity index is 2.00. The maximum atomic E-state index is 5.80. The van der Waals surface area contributed by atoms with Crippen LogP contribution < -0.4 is 15.2 Å². The molecule has 18 heavy (non-hydrogen) atoms. The second-order valence-electron chi connectivity index (χ2n) is 4.66. The van der Waals surface area contributed by atoms with Gasteiger partial charge in [-0.3, -0.25) is 0 Å². The lowest BCUT2D eigenvalue weighted by Gasteiger charge is -2.25. The normalized spacial score (nSPS) is 14.9. The van der Waals surface area contributed by atoms with Crippen LogP contribution in [0.25, 0.3) is 0 Å². The molecule has 0 amide bonds. The van der Waals surface area contributed by atoms with Crippen LogP contribution in [0.4, 0.5) is 0 Å². The van der Waals surface area contributed by atoms with Gasteiger partial charge in [0.15, 0.2) is 0 Å². The lowest BCUT2D eigenvalue weighted by molar-refractivity contribution is 0.221. The monoisotopic (exact) mass is 265 g/mol. The number of hydrogen-bond acceptors (Lipinski definition) is 3. The van der Waals surface area contributed by atoms with E-state index < -0.39 is 0 Å². The third kappa shape index (κ3) is 3.13. The first kappa shape index (κ1) is 13.1. The second kappa shape index (κ2) is 6.05. The average Bonchev–Trinajstić information content (AvgIpc) is 2.31. The molecule has 0 radical (unpaired) electrons. The van der Waals surface area contributed by atoms with Gasteiger partial charge < -0.3 is 15.2 Å². The molecule has 1 aliphatic rings. The largest absolute Gasteiger partial charge is 0.497 e. The van der Waals surface area contributed by atoms with E-state index in [-0.39, 0.29) is 0 Å². The van der Waals surface area contributed by atoms with Crippen molar-refractivity contribution >= 4 is 17.2 Å². The Labute approximate surface area is 113 Å². The van der Waals surface area contributed by atoms with Crippen molar-refractivity contribution in [1.82, 2.24) is 0 Å². The molecular weight excluding hydrogens is 246 g/mol. The predicted molar refractivity (Wildman–Crippen MR) is 76.3 cm³/mol. The van der Waals surface area contributed by atoms with Crippen LogP contribution in [0.3, 0.4) is 0 Å². The molecule has 2 rings (SSSR count). The van der Waals surface area contributed by atoms with Crippen molar-refractivity contribution in [1.29, 1.82) is 0 Å². The summed E-state index contributed by atoms with van der Waals surface area (Å²) in [4.78, 5) is 0.358. The average molecular weight is 265 g/mol. The Hall–Kier alpha value is -1.29. The van der Waals surface area contributed by atoms with E-state index in [9.17, 15) is 0 Å². The molecule has 0 aliphatic heterocycles. The van der Waals surface area contributed by atoms with Gasteiger partial charge in [-0.1, -0.05) is 31.5 Å². The molecule has 0 aromatic heterocycles. The fourth-order valence-electron chi connectivity index (χ4n) is 2.07. The molecule has 3 nitrogen and oxygen atoms in total. The summed E-state index contributed by atoms with van der Waals surface area (Å²) in [7, 11) is 1.63. The lowest BCUT2D eigenvalue weighted by Crippen LogP contribution is -2.16. The first-order chi connectivity index (χ1) is 8.70. The van der Waals surface area contributed by atoms with Crippen LogP contribution >= 0.6 is 12.2 Å². The molecule has 0 bridgehead atoms. The molecule has 1 aliphatic carbocycles. The van der Waals surface area contributed by atoms with Crippen molar-refractivity contribution in [2.45, 2.75) is 25.7 Å². The Kier molecular flexibility index (Phi) is 4.42. The van der Waals surface area contributed by atoms with Gasteiger partial charge in [0, 0.05) is 6.07 Å². The van der Waals surface area contributed by atoms with Crippen molar-refractivity contribution in [3.8, 4) is 11.5 Å². The van der Waals surface area contributed by atoms with Gasteiger partial charge in [-0.05, 0) is 24.5 Å². The minimum Gasteiger partial charge on any atom is -0.497 e. The summed E-state index contributed by atoms with van der Waals surface area (Å²) < 4.78 is 11.0. The Morgan fingerprint density at radius 3 is 2.78 bits per heavy atom. The zero-order chi connectivity index (χ0) is 13.0. The zero-order valence-corrected chi connectivity index (χ0v) is 11.5. The van der Waals surface area contributed by atoms with Gasteiger partial charge in [-0.2, -0.15) is 0 Å². The number of benzene rings is 1. The Morgan fingerprint density at radius 1 is 1.44 bits per heavy atom. The van der Waals surface area contributed by atoms with Gasteiger partial charge in [0.25, 0.3) is 0 Å². The molecule has 0 spiro atoms. The number of rotatable bonds is 6. The van der Waals surface area contributed by atoms with Crippen LogP contribution in [-0.4, -0.2) is 18.7 Å². The van der Waals surface area contributed by atoms with Crippen molar-refractivity contribution in [3.05, 3.63) is 23.8 Å². The minimum absolute atomic E-state index is 0.358. The fourth-order valence-corrected chi connectivity index (χ4v) is 2.24. The molecule has 0 atom stereocenters. The third-order valence-corrected chi connectivity index (χ3v) is 3.68. The topological polar surface area (TPSA) is 44.5 Å². The molecule has 0 heterocycles. The highest BCUT2D eigenvalue weighted by Gasteiger charge is 2.17. The number of methoxy groups -OCH3 is 1. The summed E-state index contributed by atoms with van der Waals surface area (Å²) in [6, 6.07) is 5.53. The van der Waals surface area contributed by atoms with E-state index >= 15 is 0 Å². The van der Waals surface area contributed by atoms with E-state index in [4.69, 9.17) is 27.4 Å². The number of hydrogen-bond donors (Lipinski definition) is 1. The molecule has 1 saturated carbocycles. The van der Waals surface area contributed by atoms with Crippen molar-refractivity contribution in [2.24, 2.45) is 11.7 Å². The van der Waals surface area contributed by atoms with Crippen molar-refractivity contribution < 1.29 is 9.47 Å². The molecule has 0 unspecified atom stereocenters. The number of ether oxygens (including phenoxy) is 2. The van der Waals surface area contributed by atoms with Crippen LogP contribution in [0, 0.1) is 5.92 Å². The Bertz CT molecular complexity index is 430. The lowest BCUT2D eigenvalue weighted by atomic mass is 9.83. The fraction of sp³-hybridized carbons (Fsp3) is 0.500. The van der Waals surface area contributed by atoms with Crippen LogP contribution in [0.5, 0.6) is 11.5 Å². The molecule has 1 aromatic rings. The standard InChI is InChI=1S/C14H19NO2S/c1-16-11-5-6-12(14(15)18)13(9-11)17-8-7-10-3-2-4-10/h5-6,9-10H,2-4,7-8H2,1H3,(H2,15,18). The predicted octanol–water partition coefficient (Wildman–Crippen LogP) is 2.90. The summed E-state index contributed by atoms with van der Waals surface area (Å²) in [5.74, 6) is 2.32. The first-order valence-corrected chi connectivity index (χ1v) is 6.72. The molecule has 2 N–H and O–H groups in total. The van der Waals surface area contributed by atoms with Gasteiger partial charge in [0.1, 0.15) is 16.5 Å². The van der Waals surface area contributed by atoms with E-state index in [1.165, 1.54) is 19.3 Å². The number of nitrogens with two attached hydrogens (primary N) is 1. The molecule has 0 saturated heterocycles. The SMILES string of the molecule is COc1ccc(C(N)=S)c(OCCC2CCC2)c1. The van der Waals surface area contributed by atoms with E-state index in [1.807, 2.05) is 18.2 Å². The van der Waals surface area contributed by atoms with Crippen molar-refractivity contribution in [3.63, 3.8) is 0 Å². The minimum atomic E-state index is 0.358. The van der Waals surface area contributed by atoms with Gasteiger partial charge in [-0.15, -0.1) is 0 Å². The smallest absolute Gasteiger partial charge is 0.133 e. The highest BCUT2D eigenvalue weighted by molar-refractivity contribution is 7.80. The quantitative estimate of drug-likeness (QED) is 0.803. The summed E-state index contributed by atoms with van der Waals surface area (Å²) in [6.07, 6.45) is 5.14. The molecule has 98 valence electrons. The third-order valence-electron chi connectivity index (χ3n) is 3.46. The van der Waals surface area contributed by atoms with E-state index in [1.54, 1.807) is 7.11 Å². The summed E-state index contributed by atoms with van der Waals surface area (Å²) >= 11 is 5.02. The van der Waals surface area contributed by atoms with Crippen LogP contribution in [0.1, 0.15) is 31.2 Å². The van der Waals surface area contributed by atoms with E-state index in [0.717, 1.165) is 29.4 Å². The maximum absolute atomic E-state index is 5.80. The van der Waals surface area contributed by atoms with Crippen molar-refractivity contribution in [2.75, 3.05) is 13.7 Å². The molecule has 1 aromatic carbocycles. The van der Waals surface area contributed by atoms with Crippen LogP contribution in [0.15, 0.2) is 18.2 Å². The zero-order valence-electron chi connectivity index (χ0n) is 10.6. The summed E-state index contributed by atoms with van der Waals surface area (Å²) in [6.45, 7) is 0.716. The molecule has 1 fully saturated rings. The maximum Gasteiger partial charge on any atom is 0.133 e. The highest BCUT2D eigenvalue weighted by Crippen LogP contribution is 2.30. The van der Waals surface area contributed by atoms with Gasteiger partial charge in [0.05, 0.1) is 19.3 Å². The van der Waals surface area contributed by atoms with Crippen LogP contribution in [-0.2, 0) is 0 Å².